The second kappa shape index (κ2) is 8.45. The van der Waals surface area contributed by atoms with Crippen LogP contribution in [0.1, 0.15) is 25.0 Å². The van der Waals surface area contributed by atoms with Crippen molar-refractivity contribution in [2.45, 2.75) is 19.3 Å². The van der Waals surface area contributed by atoms with Gasteiger partial charge in [0, 0.05) is 5.41 Å². The summed E-state index contributed by atoms with van der Waals surface area (Å²) < 4.78 is 10.3. The Morgan fingerprint density at radius 3 is 1.36 bits per heavy atom. The maximum absolute atomic E-state index is 11.3. The Morgan fingerprint density at radius 1 is 0.760 bits per heavy atom. The van der Waals surface area contributed by atoms with E-state index in [4.69, 9.17) is 9.47 Å². The van der Waals surface area contributed by atoms with E-state index in [1.165, 1.54) is 0 Å². The summed E-state index contributed by atoms with van der Waals surface area (Å²) in [5.74, 6) is 0.290. The Morgan fingerprint density at radius 2 is 1.08 bits per heavy atom. The molecule has 0 unspecified atom stereocenters. The SMILES string of the molecule is CC(C)(c1ccc(OC(=O)CS)cc1)c1ccc(OC(=O)CS)cc1. The number of rotatable bonds is 6. The molecule has 0 bridgehead atoms. The minimum atomic E-state index is -0.387. The van der Waals surface area contributed by atoms with E-state index in [0.717, 1.165) is 11.1 Å². The van der Waals surface area contributed by atoms with Gasteiger partial charge in [0.05, 0.1) is 11.5 Å². The van der Waals surface area contributed by atoms with E-state index in [0.29, 0.717) is 11.5 Å². The lowest BCUT2D eigenvalue weighted by molar-refractivity contribution is -0.132. The van der Waals surface area contributed by atoms with E-state index in [-0.39, 0.29) is 28.9 Å². The number of carbonyl (C=O) groups is 2. The van der Waals surface area contributed by atoms with Gasteiger partial charge in [-0.25, -0.2) is 0 Å². The van der Waals surface area contributed by atoms with Gasteiger partial charge in [-0.1, -0.05) is 38.1 Å². The highest BCUT2D eigenvalue weighted by Gasteiger charge is 2.23. The molecule has 0 radical (unpaired) electrons. The Hall–Kier alpha value is -1.92. The molecule has 0 fully saturated rings. The van der Waals surface area contributed by atoms with Gasteiger partial charge in [-0.3, -0.25) is 9.59 Å². The summed E-state index contributed by atoms with van der Waals surface area (Å²) in [5.41, 5.74) is 1.87. The summed E-state index contributed by atoms with van der Waals surface area (Å²) in [4.78, 5) is 22.6. The van der Waals surface area contributed by atoms with Crippen molar-refractivity contribution >= 4 is 37.2 Å². The van der Waals surface area contributed by atoms with Crippen LogP contribution in [0.5, 0.6) is 11.5 Å². The molecular weight excluding hydrogens is 356 g/mol. The van der Waals surface area contributed by atoms with Crippen molar-refractivity contribution < 1.29 is 19.1 Å². The van der Waals surface area contributed by atoms with Crippen LogP contribution >= 0.6 is 25.3 Å². The number of benzene rings is 2. The Labute approximate surface area is 158 Å². The smallest absolute Gasteiger partial charge is 0.321 e. The fraction of sp³-hybridized carbons (Fsp3) is 0.263. The zero-order valence-corrected chi connectivity index (χ0v) is 15.8. The van der Waals surface area contributed by atoms with Crippen LogP contribution in [0, 0.1) is 0 Å². The first kappa shape index (κ1) is 19.4. The predicted molar refractivity (Wildman–Crippen MR) is 104 cm³/mol. The molecule has 0 aliphatic heterocycles. The number of hydrogen-bond acceptors (Lipinski definition) is 6. The molecule has 132 valence electrons. The quantitative estimate of drug-likeness (QED) is 0.459. The van der Waals surface area contributed by atoms with Crippen molar-refractivity contribution in [3.05, 3.63) is 59.7 Å². The molecule has 2 aromatic carbocycles. The predicted octanol–water partition coefficient (Wildman–Crippen LogP) is 3.68. The standard InChI is InChI=1S/C19H20O4S2/c1-19(2,13-3-7-15(8-4-13)22-17(20)11-24)14-5-9-16(10-6-14)23-18(21)12-25/h3-10,24-25H,11-12H2,1-2H3. The summed E-state index contributed by atoms with van der Waals surface area (Å²) in [6.45, 7) is 4.19. The summed E-state index contributed by atoms with van der Waals surface area (Å²) in [6, 6.07) is 14.8. The number of esters is 2. The Bertz CT molecular complexity index is 674. The maximum atomic E-state index is 11.3. The van der Waals surface area contributed by atoms with Gasteiger partial charge in [-0.05, 0) is 35.4 Å². The molecule has 2 aromatic rings. The van der Waals surface area contributed by atoms with Crippen molar-refractivity contribution in [1.82, 2.24) is 0 Å². The lowest BCUT2D eigenvalue weighted by Gasteiger charge is -2.26. The lowest BCUT2D eigenvalue weighted by atomic mass is 9.78. The molecule has 0 aliphatic rings. The van der Waals surface area contributed by atoms with E-state index in [1.807, 2.05) is 24.3 Å². The molecule has 2 rings (SSSR count). The molecule has 0 amide bonds. The third-order valence-electron chi connectivity index (χ3n) is 3.87. The third-order valence-corrected chi connectivity index (χ3v) is 4.39. The van der Waals surface area contributed by atoms with E-state index in [2.05, 4.69) is 39.1 Å². The maximum Gasteiger partial charge on any atom is 0.321 e. The number of hydrogen-bond donors (Lipinski definition) is 2. The highest BCUT2D eigenvalue weighted by atomic mass is 32.1. The molecule has 0 atom stereocenters. The van der Waals surface area contributed by atoms with E-state index < -0.39 is 0 Å². The summed E-state index contributed by atoms with van der Waals surface area (Å²) in [5, 5.41) is 0. The molecule has 0 spiro atoms. The van der Waals surface area contributed by atoms with E-state index in [9.17, 15) is 9.59 Å². The summed E-state index contributed by atoms with van der Waals surface area (Å²) in [7, 11) is 0. The number of carbonyl (C=O) groups excluding carboxylic acids is 2. The fourth-order valence-corrected chi connectivity index (χ4v) is 2.50. The molecule has 25 heavy (non-hydrogen) atoms. The minimum absolute atomic E-state index is 0.0391. The van der Waals surface area contributed by atoms with Gasteiger partial charge < -0.3 is 9.47 Å². The molecule has 4 nitrogen and oxygen atoms in total. The van der Waals surface area contributed by atoms with Gasteiger partial charge in [0.1, 0.15) is 11.5 Å². The first-order valence-electron chi connectivity index (χ1n) is 7.71. The van der Waals surface area contributed by atoms with E-state index >= 15 is 0 Å². The highest BCUT2D eigenvalue weighted by Crippen LogP contribution is 2.33. The zero-order valence-electron chi connectivity index (χ0n) is 14.1. The van der Waals surface area contributed by atoms with Gasteiger partial charge in [-0.2, -0.15) is 25.3 Å². The third kappa shape index (κ3) is 5.03. The van der Waals surface area contributed by atoms with E-state index in [1.54, 1.807) is 24.3 Å². The molecule has 6 heteroatoms. The Kier molecular flexibility index (Phi) is 6.56. The second-order valence-electron chi connectivity index (χ2n) is 5.94. The molecule has 0 heterocycles. The molecule has 0 aromatic heterocycles. The second-order valence-corrected chi connectivity index (χ2v) is 6.57. The van der Waals surface area contributed by atoms with Gasteiger partial charge in [0.15, 0.2) is 0 Å². The average Bonchev–Trinajstić information content (AvgIpc) is 2.62. The van der Waals surface area contributed by atoms with Crippen LogP contribution in [0.4, 0.5) is 0 Å². The van der Waals surface area contributed by atoms with Crippen molar-refractivity contribution in [3.63, 3.8) is 0 Å². The van der Waals surface area contributed by atoms with Gasteiger partial charge >= 0.3 is 11.9 Å². The average molecular weight is 376 g/mol. The largest absolute Gasteiger partial charge is 0.426 e. The van der Waals surface area contributed by atoms with Crippen LogP contribution in [-0.4, -0.2) is 23.4 Å². The minimum Gasteiger partial charge on any atom is -0.426 e. The highest BCUT2D eigenvalue weighted by molar-refractivity contribution is 7.81. The van der Waals surface area contributed by atoms with Gasteiger partial charge in [0.25, 0.3) is 0 Å². The number of ether oxygens (including phenoxy) is 2. The lowest BCUT2D eigenvalue weighted by Crippen LogP contribution is -2.19. The molecule has 0 aliphatic carbocycles. The van der Waals surface area contributed by atoms with Crippen molar-refractivity contribution in [2.24, 2.45) is 0 Å². The molecule has 0 saturated carbocycles. The van der Waals surface area contributed by atoms with Crippen LogP contribution in [-0.2, 0) is 15.0 Å². The molecular formula is C19H20O4S2. The van der Waals surface area contributed by atoms with Crippen LogP contribution in [0.3, 0.4) is 0 Å². The monoisotopic (exact) mass is 376 g/mol. The zero-order chi connectivity index (χ0) is 18.4. The van der Waals surface area contributed by atoms with Crippen LogP contribution in [0.2, 0.25) is 0 Å². The van der Waals surface area contributed by atoms with Crippen molar-refractivity contribution in [2.75, 3.05) is 11.5 Å². The van der Waals surface area contributed by atoms with Crippen LogP contribution in [0.15, 0.2) is 48.5 Å². The summed E-state index contributed by atoms with van der Waals surface area (Å²) >= 11 is 7.77. The normalized spacial score (nSPS) is 11.0. The fourth-order valence-electron chi connectivity index (χ4n) is 2.37. The first-order chi connectivity index (χ1) is 11.9. The Balaban J connectivity index is 2.17. The van der Waals surface area contributed by atoms with Gasteiger partial charge in [0.2, 0.25) is 0 Å². The van der Waals surface area contributed by atoms with Crippen LogP contribution < -0.4 is 9.47 Å². The van der Waals surface area contributed by atoms with Gasteiger partial charge in [-0.15, -0.1) is 0 Å². The van der Waals surface area contributed by atoms with Crippen LogP contribution in [0.25, 0.3) is 0 Å². The van der Waals surface area contributed by atoms with Crippen molar-refractivity contribution in [3.8, 4) is 11.5 Å². The molecule has 0 saturated heterocycles. The summed E-state index contributed by atoms with van der Waals surface area (Å²) in [6.07, 6.45) is 0. The van der Waals surface area contributed by atoms with Crippen molar-refractivity contribution in [1.29, 1.82) is 0 Å². The first-order valence-corrected chi connectivity index (χ1v) is 8.97. The number of thiol groups is 2. The molecule has 0 N–H and O–H groups in total. The topological polar surface area (TPSA) is 52.6 Å².